The molecule has 1 heterocycles. The number of carbonyl (C=O) groups is 1. The largest absolute Gasteiger partial charge is 0.458 e. The molecule has 33 heavy (non-hydrogen) atoms. The molecular weight excluding hydrogens is 420 g/mol. The Morgan fingerprint density at radius 2 is 1.61 bits per heavy atom. The van der Waals surface area contributed by atoms with Crippen LogP contribution in [0.4, 0.5) is 0 Å². The molecule has 2 aromatic rings. The Bertz CT molecular complexity index is 1110. The van der Waals surface area contributed by atoms with E-state index in [2.05, 4.69) is 18.8 Å². The van der Waals surface area contributed by atoms with Gasteiger partial charge in [0.05, 0.1) is 6.61 Å². The molecule has 1 atom stereocenters. The lowest BCUT2D eigenvalue weighted by Gasteiger charge is -2.28. The summed E-state index contributed by atoms with van der Waals surface area (Å²) in [5.41, 5.74) is 4.76. The van der Waals surface area contributed by atoms with Crippen LogP contribution in [-0.4, -0.2) is 28.9 Å². The van der Waals surface area contributed by atoms with Gasteiger partial charge in [-0.3, -0.25) is 0 Å². The van der Waals surface area contributed by atoms with Crippen molar-refractivity contribution in [3.8, 4) is 0 Å². The zero-order valence-electron chi connectivity index (χ0n) is 19.6. The van der Waals surface area contributed by atoms with E-state index in [0.717, 1.165) is 46.2 Å². The molecule has 1 unspecified atom stereocenters. The molecule has 0 spiro atoms. The van der Waals surface area contributed by atoms with Gasteiger partial charge in [-0.2, -0.15) is 0 Å². The second kappa shape index (κ2) is 10.5. The van der Waals surface area contributed by atoms with Crippen LogP contribution >= 0.6 is 0 Å². The maximum absolute atomic E-state index is 13.3. The van der Waals surface area contributed by atoms with Gasteiger partial charge in [0, 0.05) is 6.08 Å². The minimum absolute atomic E-state index is 0.101. The SMILES string of the molecule is CCc1cccc(C)c1COC(=O)C1(OCc2c(C)cccc2CC)C=CC([N+](=O)[O-])=NC1. The molecule has 0 saturated heterocycles. The molecule has 0 amide bonds. The number of amidine groups is 1. The zero-order chi connectivity index (χ0) is 24.0. The Kier molecular flexibility index (Phi) is 7.76. The van der Waals surface area contributed by atoms with E-state index in [1.807, 2.05) is 50.2 Å². The summed E-state index contributed by atoms with van der Waals surface area (Å²) < 4.78 is 11.9. The van der Waals surface area contributed by atoms with Gasteiger partial charge in [0.1, 0.15) is 6.61 Å². The number of carbonyl (C=O) groups excluding carboxylic acids is 1. The van der Waals surface area contributed by atoms with Crippen molar-refractivity contribution in [2.75, 3.05) is 6.54 Å². The van der Waals surface area contributed by atoms with Crippen molar-refractivity contribution in [2.24, 2.45) is 4.99 Å². The fourth-order valence-electron chi connectivity index (χ4n) is 3.98. The molecule has 1 aliphatic heterocycles. The Labute approximate surface area is 194 Å². The Morgan fingerprint density at radius 3 is 2.09 bits per heavy atom. The molecule has 0 aromatic heterocycles. The summed E-state index contributed by atoms with van der Waals surface area (Å²) in [5.74, 6) is -0.916. The lowest BCUT2D eigenvalue weighted by molar-refractivity contribution is -0.348. The third-order valence-corrected chi connectivity index (χ3v) is 6.11. The van der Waals surface area contributed by atoms with Crippen LogP contribution < -0.4 is 0 Å². The number of dihydropyridines is 1. The topological polar surface area (TPSA) is 91.0 Å². The molecule has 0 fully saturated rings. The third kappa shape index (κ3) is 5.37. The van der Waals surface area contributed by atoms with Gasteiger partial charge in [-0.1, -0.05) is 55.2 Å². The average molecular weight is 451 g/mol. The van der Waals surface area contributed by atoms with E-state index >= 15 is 0 Å². The first-order valence-electron chi connectivity index (χ1n) is 11.1. The van der Waals surface area contributed by atoms with Crippen molar-refractivity contribution in [2.45, 2.75) is 59.4 Å². The van der Waals surface area contributed by atoms with Crippen LogP contribution in [0.25, 0.3) is 0 Å². The summed E-state index contributed by atoms with van der Waals surface area (Å²) >= 11 is 0. The van der Waals surface area contributed by atoms with Crippen LogP contribution in [0.3, 0.4) is 0 Å². The molecule has 0 bridgehead atoms. The standard InChI is InChI=1S/C26H30N2O5/c1-5-20-11-7-9-18(3)22(20)15-32-25(29)26(14-13-24(27-17-26)28(30)31)33-16-23-19(4)10-8-12-21(23)6-2/h7-14H,5-6,15-17H2,1-4H3. The monoisotopic (exact) mass is 450 g/mol. The van der Waals surface area contributed by atoms with Crippen LogP contribution in [0.5, 0.6) is 0 Å². The van der Waals surface area contributed by atoms with E-state index in [1.165, 1.54) is 12.2 Å². The van der Waals surface area contributed by atoms with E-state index in [9.17, 15) is 14.9 Å². The highest BCUT2D eigenvalue weighted by Gasteiger charge is 2.44. The summed E-state index contributed by atoms with van der Waals surface area (Å²) in [7, 11) is 0. The number of hydrogen-bond acceptors (Lipinski definition) is 6. The van der Waals surface area contributed by atoms with E-state index in [4.69, 9.17) is 9.47 Å². The van der Waals surface area contributed by atoms with Crippen molar-refractivity contribution in [3.05, 3.63) is 92.0 Å². The fraction of sp³-hybridized carbons (Fsp3) is 0.385. The smallest absolute Gasteiger partial charge is 0.358 e. The molecule has 0 aliphatic carbocycles. The van der Waals surface area contributed by atoms with Crippen LogP contribution in [0.2, 0.25) is 0 Å². The van der Waals surface area contributed by atoms with Crippen LogP contribution in [-0.2, 0) is 40.3 Å². The van der Waals surface area contributed by atoms with Gasteiger partial charge in [0.2, 0.25) is 5.60 Å². The number of rotatable bonds is 8. The molecule has 7 heteroatoms. The second-order valence-corrected chi connectivity index (χ2v) is 8.15. The zero-order valence-corrected chi connectivity index (χ0v) is 19.6. The Morgan fingerprint density at radius 1 is 1.03 bits per heavy atom. The summed E-state index contributed by atoms with van der Waals surface area (Å²) in [6, 6.07) is 12.0. The van der Waals surface area contributed by atoms with E-state index < -0.39 is 16.5 Å². The van der Waals surface area contributed by atoms with Crippen LogP contribution in [0, 0.1) is 24.0 Å². The van der Waals surface area contributed by atoms with Gasteiger partial charge >= 0.3 is 11.8 Å². The maximum Gasteiger partial charge on any atom is 0.358 e. The summed E-state index contributed by atoms with van der Waals surface area (Å²) in [5, 5.41) is 11.1. The number of aryl methyl sites for hydroxylation is 4. The maximum atomic E-state index is 13.3. The highest BCUT2D eigenvalue weighted by Crippen LogP contribution is 2.26. The predicted octanol–water partition coefficient (Wildman–Crippen LogP) is 4.67. The van der Waals surface area contributed by atoms with E-state index in [0.29, 0.717) is 0 Å². The van der Waals surface area contributed by atoms with Gasteiger partial charge < -0.3 is 19.6 Å². The molecule has 1 aliphatic rings. The van der Waals surface area contributed by atoms with Gasteiger partial charge in [-0.15, -0.1) is 0 Å². The average Bonchev–Trinajstić information content (AvgIpc) is 2.82. The van der Waals surface area contributed by atoms with Gasteiger partial charge in [0.15, 0.2) is 6.54 Å². The van der Waals surface area contributed by atoms with Crippen LogP contribution in [0.1, 0.15) is 47.2 Å². The normalized spacial score (nSPS) is 17.5. The number of hydrogen-bond donors (Lipinski definition) is 0. The molecule has 7 nitrogen and oxygen atoms in total. The first kappa shape index (κ1) is 24.3. The minimum Gasteiger partial charge on any atom is -0.458 e. The molecule has 0 saturated carbocycles. The Hall–Kier alpha value is -3.32. The summed E-state index contributed by atoms with van der Waals surface area (Å²) in [6.45, 7) is 8.15. The van der Waals surface area contributed by atoms with E-state index in [-0.39, 0.29) is 25.6 Å². The number of benzene rings is 2. The van der Waals surface area contributed by atoms with Gasteiger partial charge in [-0.25, -0.2) is 4.79 Å². The molecule has 3 rings (SSSR count). The number of esters is 1. The minimum atomic E-state index is -1.53. The molecule has 174 valence electrons. The van der Waals surface area contributed by atoms with Crippen molar-refractivity contribution < 1.29 is 19.2 Å². The Balaban J connectivity index is 1.85. The summed E-state index contributed by atoms with van der Waals surface area (Å²) in [6.07, 6.45) is 4.27. The van der Waals surface area contributed by atoms with Gasteiger partial charge in [-0.05, 0) is 71.1 Å². The van der Waals surface area contributed by atoms with E-state index in [1.54, 1.807) is 0 Å². The third-order valence-electron chi connectivity index (χ3n) is 6.11. The number of nitrogens with zero attached hydrogens (tertiary/aromatic N) is 2. The predicted molar refractivity (Wildman–Crippen MR) is 127 cm³/mol. The molecule has 0 radical (unpaired) electrons. The quantitative estimate of drug-likeness (QED) is 0.331. The van der Waals surface area contributed by atoms with Crippen molar-refractivity contribution in [3.63, 3.8) is 0 Å². The van der Waals surface area contributed by atoms with Crippen molar-refractivity contribution in [1.29, 1.82) is 0 Å². The summed E-state index contributed by atoms with van der Waals surface area (Å²) in [4.78, 5) is 27.8. The lowest BCUT2D eigenvalue weighted by atomic mass is 9.98. The molecular formula is C26H30N2O5. The number of aliphatic imine (C=N–C) groups is 1. The lowest BCUT2D eigenvalue weighted by Crippen LogP contribution is -2.46. The highest BCUT2D eigenvalue weighted by molar-refractivity contribution is 5.92. The number of ether oxygens (including phenoxy) is 2. The highest BCUT2D eigenvalue weighted by atomic mass is 16.6. The van der Waals surface area contributed by atoms with Gasteiger partial charge in [0.25, 0.3) is 0 Å². The first-order valence-corrected chi connectivity index (χ1v) is 11.1. The fourth-order valence-corrected chi connectivity index (χ4v) is 3.98. The molecule has 0 N–H and O–H groups in total. The van der Waals surface area contributed by atoms with Crippen molar-refractivity contribution >= 4 is 11.8 Å². The van der Waals surface area contributed by atoms with Crippen LogP contribution in [0.15, 0.2) is 53.5 Å². The second-order valence-electron chi connectivity index (χ2n) is 8.15. The molecule has 2 aromatic carbocycles. The number of nitro groups is 1. The van der Waals surface area contributed by atoms with Crippen molar-refractivity contribution in [1.82, 2.24) is 0 Å². The first-order chi connectivity index (χ1) is 15.8.